The maximum Gasteiger partial charge on any atom is -0.0473 e. The number of unbranched alkanes of at least 4 members (excludes halogenated alkanes) is 2. The van der Waals surface area contributed by atoms with Crippen LogP contribution in [-0.2, 0) is 30.9 Å². The number of hydrogen-bond donors (Lipinski definition) is 1. The summed E-state index contributed by atoms with van der Waals surface area (Å²) in [6.45, 7) is 18.4. The van der Waals surface area contributed by atoms with Crippen molar-refractivity contribution in [2.24, 2.45) is 5.92 Å². The molecule has 2 aliphatic carbocycles. The summed E-state index contributed by atoms with van der Waals surface area (Å²) < 4.78 is 1.11. The fourth-order valence-electron chi connectivity index (χ4n) is 3.96. The molecular weight excluding hydrogens is 531 g/mol. The van der Waals surface area contributed by atoms with Gasteiger partial charge in [-0.3, -0.25) is 0 Å². The Morgan fingerprint density at radius 3 is 2.54 bits per heavy atom. The molecule has 2 aliphatic rings. The van der Waals surface area contributed by atoms with Gasteiger partial charge in [0.15, 0.2) is 0 Å². The maximum absolute atomic E-state index is 13.2. The molecule has 3 heteroatoms. The molecule has 1 atom stereocenters. The van der Waals surface area contributed by atoms with Crippen LogP contribution in [0.4, 0.5) is 0 Å². The van der Waals surface area contributed by atoms with Gasteiger partial charge in [0, 0.05) is 0 Å². The van der Waals surface area contributed by atoms with Crippen molar-refractivity contribution in [3.05, 3.63) is 56.4 Å². The van der Waals surface area contributed by atoms with E-state index in [0.29, 0.717) is 43.9 Å². The molecule has 0 saturated carbocycles. The van der Waals surface area contributed by atoms with E-state index in [1.807, 2.05) is 6.92 Å². The molecule has 2 nitrogen and oxygen atoms in total. The maximum atomic E-state index is 13.2. The van der Waals surface area contributed by atoms with Gasteiger partial charge in [-0.05, 0) is 6.92 Å². The van der Waals surface area contributed by atoms with Gasteiger partial charge < -0.3 is 0 Å². The number of hydrogen-bond acceptors (Lipinski definition) is 2. The molecule has 0 fully saturated rings. The second-order valence-electron chi connectivity index (χ2n) is 8.23. The van der Waals surface area contributed by atoms with E-state index in [4.69, 9.17) is 0 Å². The third kappa shape index (κ3) is 6.86. The Morgan fingerprint density at radius 2 is 2.00 bits per heavy atom. The Balaban J connectivity index is 0.00000122. The van der Waals surface area contributed by atoms with E-state index in [1.165, 1.54) is 36.8 Å². The van der Waals surface area contributed by atoms with E-state index in [2.05, 4.69) is 52.2 Å². The summed E-state index contributed by atoms with van der Waals surface area (Å²) in [6.07, 6.45) is 12.0. The van der Waals surface area contributed by atoms with E-state index in [1.54, 1.807) is 6.08 Å². The molecular formula is C25H38HgNO. The van der Waals surface area contributed by atoms with Gasteiger partial charge in [-0.25, -0.2) is 0 Å². The largest absolute Gasteiger partial charge is 0.103 e. The standard InChI is InChI=1S/C22H32NO.C3H6.Hg/c1-6-7-8-12-19-21(24)14-20(17(5)22(19)23-15(2)3)18-11-9-10-16(4)13-18;1-3-2;/h13,15,18,23H,5-12H2,1-4H3;3H,1H2,2H3;. The number of nitrogens with one attached hydrogen (secondary N) is 1. The zero-order chi connectivity index (χ0) is 21.3. The van der Waals surface area contributed by atoms with Gasteiger partial charge in [-0.2, -0.15) is 0 Å². The molecule has 0 aromatic rings. The second kappa shape index (κ2) is 12.6. The summed E-state index contributed by atoms with van der Waals surface area (Å²) >= 11 is 0.316. The topological polar surface area (TPSA) is 29.1 Å². The fourth-order valence-corrected chi connectivity index (χ4v) is 6.63. The van der Waals surface area contributed by atoms with Crippen molar-refractivity contribution in [2.75, 3.05) is 0 Å². The molecule has 1 unspecified atom stereocenters. The van der Waals surface area contributed by atoms with Gasteiger partial charge >= 0.3 is 170 Å². The van der Waals surface area contributed by atoms with Crippen LogP contribution in [0.1, 0.15) is 79.6 Å². The molecule has 0 aromatic carbocycles. The number of carbonyl (C=O) groups is 1. The average Bonchev–Trinajstić information content (AvgIpc) is 2.63. The van der Waals surface area contributed by atoms with Gasteiger partial charge in [0.1, 0.15) is 0 Å². The van der Waals surface area contributed by atoms with Crippen LogP contribution in [0.3, 0.4) is 0 Å². The molecule has 0 amide bonds. The van der Waals surface area contributed by atoms with E-state index in [9.17, 15) is 4.79 Å². The Morgan fingerprint density at radius 1 is 1.36 bits per heavy atom. The molecule has 0 bridgehead atoms. The summed E-state index contributed by atoms with van der Waals surface area (Å²) in [5.41, 5.74) is 5.85. The first kappa shape index (κ1) is 25.1. The number of rotatable bonds is 7. The Bertz CT molecular complexity index is 679. The van der Waals surface area contributed by atoms with Crippen molar-refractivity contribution in [2.45, 2.75) is 85.6 Å². The minimum atomic E-state index is 0.311. The minimum Gasteiger partial charge on any atom is -0.103 e. The number of Topliss-reactive ketones (excluding diaryl/α,β-unsaturated/α-hetero) is 1. The monoisotopic (exact) mass is 570 g/mol. The van der Waals surface area contributed by atoms with Gasteiger partial charge in [-0.15, -0.1) is 6.58 Å². The predicted molar refractivity (Wildman–Crippen MR) is 118 cm³/mol. The van der Waals surface area contributed by atoms with Crippen LogP contribution in [0.5, 0.6) is 0 Å². The first-order valence-corrected chi connectivity index (χ1v) is 13.6. The van der Waals surface area contributed by atoms with Crippen molar-refractivity contribution in [3.8, 4) is 0 Å². The predicted octanol–water partition coefficient (Wildman–Crippen LogP) is 6.70. The molecule has 0 heterocycles. The first-order valence-electron chi connectivity index (χ1n) is 10.8. The Labute approximate surface area is 189 Å². The summed E-state index contributed by atoms with van der Waals surface area (Å²) in [5.74, 6) is 0.709. The van der Waals surface area contributed by atoms with Gasteiger partial charge in [0.2, 0.25) is 0 Å². The average molecular weight is 569 g/mol. The molecule has 0 saturated heterocycles. The quantitative estimate of drug-likeness (QED) is 0.210. The van der Waals surface area contributed by atoms with Crippen molar-refractivity contribution in [1.29, 1.82) is 0 Å². The van der Waals surface area contributed by atoms with Crippen LogP contribution < -0.4 is 5.32 Å². The molecule has 1 N–H and O–H groups in total. The third-order valence-electron chi connectivity index (χ3n) is 5.21. The molecule has 0 radical (unpaired) electrons. The summed E-state index contributed by atoms with van der Waals surface area (Å²) in [4.78, 5) is 13.2. The molecule has 0 aromatic heterocycles. The Kier molecular flexibility index (Phi) is 11.3. The number of carbonyl (C=O) groups excluding carboxylic acids is 1. The second-order valence-corrected chi connectivity index (χ2v) is 11.0. The normalized spacial score (nSPS) is 20.1. The van der Waals surface area contributed by atoms with E-state index >= 15 is 0 Å². The van der Waals surface area contributed by atoms with E-state index in [-0.39, 0.29) is 0 Å². The number of allylic oxidation sites excluding steroid dienone is 6. The van der Waals surface area contributed by atoms with Crippen LogP contribution >= 0.6 is 0 Å². The fraction of sp³-hybridized carbons (Fsp3) is 0.560. The van der Waals surface area contributed by atoms with Crippen molar-refractivity contribution < 1.29 is 30.9 Å². The first-order chi connectivity index (χ1) is 13.3. The number of ketones is 1. The van der Waals surface area contributed by atoms with Gasteiger partial charge in [0.25, 0.3) is 0 Å². The molecule has 28 heavy (non-hydrogen) atoms. The minimum absolute atomic E-state index is 0.311. The van der Waals surface area contributed by atoms with E-state index < -0.39 is 0 Å². The SMILES string of the molecule is C=C1C(NC(C)C)=C(CCCCC)C(=O)[C]([Hg])=C1C1C=C(C)CCC1.C=CC. The molecule has 0 aliphatic heterocycles. The molecule has 151 valence electrons. The van der Waals surface area contributed by atoms with Crippen LogP contribution in [-0.4, -0.2) is 11.8 Å². The van der Waals surface area contributed by atoms with Crippen molar-refractivity contribution in [3.63, 3.8) is 0 Å². The van der Waals surface area contributed by atoms with Crippen LogP contribution in [0.15, 0.2) is 56.4 Å². The van der Waals surface area contributed by atoms with Crippen LogP contribution in [0, 0.1) is 5.92 Å². The Hall–Kier alpha value is -0.895. The van der Waals surface area contributed by atoms with Gasteiger partial charge in [0.05, 0.1) is 0 Å². The molecule has 0 spiro atoms. The van der Waals surface area contributed by atoms with E-state index in [0.717, 1.165) is 39.2 Å². The molecule has 2 rings (SSSR count). The zero-order valence-electron chi connectivity index (χ0n) is 18.8. The third-order valence-corrected chi connectivity index (χ3v) is 7.94. The van der Waals surface area contributed by atoms with Crippen molar-refractivity contribution in [1.82, 2.24) is 5.32 Å². The zero-order valence-corrected chi connectivity index (χ0v) is 24.3. The van der Waals surface area contributed by atoms with Crippen LogP contribution in [0.2, 0.25) is 0 Å². The smallest absolute Gasteiger partial charge is 0.0473 e. The van der Waals surface area contributed by atoms with Crippen LogP contribution in [0.25, 0.3) is 0 Å². The summed E-state index contributed by atoms with van der Waals surface area (Å²) in [5, 5.41) is 3.57. The summed E-state index contributed by atoms with van der Waals surface area (Å²) in [6, 6.07) is 0.311. The van der Waals surface area contributed by atoms with Gasteiger partial charge in [-0.1, -0.05) is 6.08 Å². The van der Waals surface area contributed by atoms with Crippen molar-refractivity contribution >= 4 is 5.78 Å². The summed E-state index contributed by atoms with van der Waals surface area (Å²) in [7, 11) is 0.